The number of rotatable bonds is 4. The molecule has 3 heteroatoms. The molecule has 0 aromatic heterocycles. The van der Waals surface area contributed by atoms with E-state index in [-0.39, 0.29) is 6.61 Å². The van der Waals surface area contributed by atoms with Gasteiger partial charge in [-0.1, -0.05) is 26.0 Å². The minimum Gasteiger partial charge on any atom is -0.396 e. The van der Waals surface area contributed by atoms with Gasteiger partial charge in [0.15, 0.2) is 0 Å². The van der Waals surface area contributed by atoms with Crippen LogP contribution in [0, 0.1) is 0 Å². The number of likely N-dealkylation sites (N-methyl/N-ethyl adjacent to an activating group) is 1. The van der Waals surface area contributed by atoms with Crippen LogP contribution < -0.4 is 4.90 Å². The molecule has 0 radical (unpaired) electrons. The second-order valence-corrected chi connectivity index (χ2v) is 5.87. The number of aliphatic hydroxyl groups is 1. The Kier molecular flexibility index (Phi) is 4.83. The summed E-state index contributed by atoms with van der Waals surface area (Å²) in [5.41, 5.74) is 2.67. The van der Waals surface area contributed by atoms with Crippen molar-refractivity contribution in [2.24, 2.45) is 0 Å². The fourth-order valence-corrected chi connectivity index (χ4v) is 2.80. The number of nitrogens with zero attached hydrogens (tertiary/aromatic N) is 2. The average molecular weight is 262 g/mol. The van der Waals surface area contributed by atoms with Crippen LogP contribution in [0.1, 0.15) is 31.7 Å². The lowest BCUT2D eigenvalue weighted by Crippen LogP contribution is -2.52. The highest BCUT2D eigenvalue weighted by Crippen LogP contribution is 2.24. The zero-order valence-corrected chi connectivity index (χ0v) is 12.3. The summed E-state index contributed by atoms with van der Waals surface area (Å²) in [6.45, 7) is 7.88. The van der Waals surface area contributed by atoms with Crippen molar-refractivity contribution < 1.29 is 5.11 Å². The van der Waals surface area contributed by atoms with Crippen LogP contribution in [0.3, 0.4) is 0 Å². The van der Waals surface area contributed by atoms with E-state index in [4.69, 9.17) is 0 Å². The van der Waals surface area contributed by atoms with E-state index in [0.717, 1.165) is 26.1 Å². The molecule has 1 aliphatic rings. The Hall–Kier alpha value is -1.06. The lowest BCUT2D eigenvalue weighted by Gasteiger charge is -2.41. The molecule has 1 aromatic rings. The summed E-state index contributed by atoms with van der Waals surface area (Å²) < 4.78 is 0. The van der Waals surface area contributed by atoms with Crippen LogP contribution in [0.4, 0.5) is 5.69 Å². The van der Waals surface area contributed by atoms with Crippen LogP contribution in [-0.4, -0.2) is 49.3 Å². The molecule has 1 aliphatic heterocycles. The molecule has 3 nitrogen and oxygen atoms in total. The van der Waals surface area contributed by atoms with Gasteiger partial charge in [-0.15, -0.1) is 0 Å². The first-order valence-electron chi connectivity index (χ1n) is 7.28. The van der Waals surface area contributed by atoms with Crippen molar-refractivity contribution in [2.45, 2.75) is 32.2 Å². The highest BCUT2D eigenvalue weighted by atomic mass is 16.3. The van der Waals surface area contributed by atoms with Crippen LogP contribution >= 0.6 is 0 Å². The van der Waals surface area contributed by atoms with Gasteiger partial charge >= 0.3 is 0 Å². The van der Waals surface area contributed by atoms with Gasteiger partial charge in [0.2, 0.25) is 0 Å². The van der Waals surface area contributed by atoms with Crippen molar-refractivity contribution in [3.8, 4) is 0 Å². The summed E-state index contributed by atoms with van der Waals surface area (Å²) >= 11 is 0. The third-order valence-electron chi connectivity index (χ3n) is 4.04. The molecular weight excluding hydrogens is 236 g/mol. The summed E-state index contributed by atoms with van der Waals surface area (Å²) in [6.07, 6.45) is 0.844. The van der Waals surface area contributed by atoms with Gasteiger partial charge < -0.3 is 14.9 Å². The van der Waals surface area contributed by atoms with E-state index < -0.39 is 0 Å². The summed E-state index contributed by atoms with van der Waals surface area (Å²) in [5.74, 6) is 0.578. The third kappa shape index (κ3) is 3.48. The topological polar surface area (TPSA) is 26.7 Å². The minimum atomic E-state index is 0.263. The highest BCUT2D eigenvalue weighted by molar-refractivity contribution is 5.49. The normalized spacial score (nSPS) is 21.1. The van der Waals surface area contributed by atoms with Gasteiger partial charge in [-0.05, 0) is 37.1 Å². The highest BCUT2D eigenvalue weighted by Gasteiger charge is 2.24. The molecule has 19 heavy (non-hydrogen) atoms. The lowest BCUT2D eigenvalue weighted by atomic mass is 10.0. The molecule has 0 spiro atoms. The quantitative estimate of drug-likeness (QED) is 0.902. The Morgan fingerprint density at radius 3 is 2.47 bits per heavy atom. The summed E-state index contributed by atoms with van der Waals surface area (Å²) in [5, 5.41) is 9.24. The maximum atomic E-state index is 9.24. The van der Waals surface area contributed by atoms with Gasteiger partial charge in [-0.2, -0.15) is 0 Å². The van der Waals surface area contributed by atoms with Gasteiger partial charge in [0.05, 0.1) is 0 Å². The fourth-order valence-electron chi connectivity index (χ4n) is 2.80. The molecule has 1 saturated heterocycles. The number of aliphatic hydroxyl groups excluding tert-OH is 1. The molecule has 1 heterocycles. The van der Waals surface area contributed by atoms with Crippen molar-refractivity contribution >= 4 is 5.69 Å². The standard InChI is InChI=1S/C16H26N2O/c1-13(2)14-4-6-15(7-5-14)18-10-9-17(3)12-16(18)8-11-19/h4-7,13,16,19H,8-12H2,1-3H3. The van der Waals surface area contributed by atoms with Crippen LogP contribution in [0.5, 0.6) is 0 Å². The zero-order chi connectivity index (χ0) is 13.8. The summed E-state index contributed by atoms with van der Waals surface area (Å²) in [7, 11) is 2.16. The molecule has 1 fully saturated rings. The van der Waals surface area contributed by atoms with E-state index in [1.165, 1.54) is 11.3 Å². The largest absolute Gasteiger partial charge is 0.396 e. The second-order valence-electron chi connectivity index (χ2n) is 5.87. The Morgan fingerprint density at radius 2 is 1.89 bits per heavy atom. The van der Waals surface area contributed by atoms with E-state index in [0.29, 0.717) is 12.0 Å². The van der Waals surface area contributed by atoms with Crippen molar-refractivity contribution in [2.75, 3.05) is 38.2 Å². The molecule has 1 N–H and O–H groups in total. The molecular formula is C16H26N2O. The number of hydrogen-bond donors (Lipinski definition) is 1. The third-order valence-corrected chi connectivity index (χ3v) is 4.04. The Bertz CT molecular complexity index is 388. The Balaban J connectivity index is 2.13. The van der Waals surface area contributed by atoms with Crippen LogP contribution in [0.2, 0.25) is 0 Å². The average Bonchev–Trinajstić information content (AvgIpc) is 2.39. The maximum absolute atomic E-state index is 9.24. The van der Waals surface area contributed by atoms with E-state index in [2.05, 4.69) is 55.0 Å². The van der Waals surface area contributed by atoms with Gasteiger partial charge in [0.1, 0.15) is 0 Å². The minimum absolute atomic E-state index is 0.263. The number of hydrogen-bond acceptors (Lipinski definition) is 3. The molecule has 0 saturated carbocycles. The zero-order valence-electron chi connectivity index (χ0n) is 12.3. The van der Waals surface area contributed by atoms with Gasteiger partial charge in [-0.3, -0.25) is 0 Å². The molecule has 1 unspecified atom stereocenters. The van der Waals surface area contributed by atoms with E-state index in [1.807, 2.05) is 0 Å². The van der Waals surface area contributed by atoms with Gasteiger partial charge in [0, 0.05) is 38.0 Å². The molecule has 106 valence electrons. The molecule has 0 amide bonds. The predicted octanol–water partition coefficient (Wildman–Crippen LogP) is 2.31. The Labute approximate surface area is 116 Å². The first kappa shape index (κ1) is 14.4. The molecule has 0 bridgehead atoms. The first-order valence-corrected chi connectivity index (χ1v) is 7.28. The Morgan fingerprint density at radius 1 is 1.21 bits per heavy atom. The van der Waals surface area contributed by atoms with Crippen molar-refractivity contribution in [1.82, 2.24) is 4.90 Å². The molecule has 0 aliphatic carbocycles. The summed E-state index contributed by atoms with van der Waals surface area (Å²) in [4.78, 5) is 4.79. The van der Waals surface area contributed by atoms with Crippen LogP contribution in [-0.2, 0) is 0 Å². The molecule has 1 atom stereocenters. The maximum Gasteiger partial charge on any atom is 0.0451 e. The van der Waals surface area contributed by atoms with Crippen molar-refractivity contribution in [3.05, 3.63) is 29.8 Å². The van der Waals surface area contributed by atoms with Gasteiger partial charge in [0.25, 0.3) is 0 Å². The van der Waals surface area contributed by atoms with Crippen LogP contribution in [0.15, 0.2) is 24.3 Å². The monoisotopic (exact) mass is 262 g/mol. The van der Waals surface area contributed by atoms with Crippen molar-refractivity contribution in [1.29, 1.82) is 0 Å². The molecule has 2 rings (SSSR count). The van der Waals surface area contributed by atoms with Crippen molar-refractivity contribution in [3.63, 3.8) is 0 Å². The number of benzene rings is 1. The van der Waals surface area contributed by atoms with Crippen LogP contribution in [0.25, 0.3) is 0 Å². The second kappa shape index (κ2) is 6.40. The van der Waals surface area contributed by atoms with E-state index in [9.17, 15) is 5.11 Å². The smallest absolute Gasteiger partial charge is 0.0451 e. The number of piperazine rings is 1. The number of anilines is 1. The van der Waals surface area contributed by atoms with Gasteiger partial charge in [-0.25, -0.2) is 0 Å². The lowest BCUT2D eigenvalue weighted by molar-refractivity contribution is 0.219. The fraction of sp³-hybridized carbons (Fsp3) is 0.625. The SMILES string of the molecule is CC(C)c1ccc(N2CCN(C)CC2CCO)cc1. The molecule has 1 aromatic carbocycles. The first-order chi connectivity index (χ1) is 9.11. The predicted molar refractivity (Wildman–Crippen MR) is 80.9 cm³/mol. The summed E-state index contributed by atoms with van der Waals surface area (Å²) in [6, 6.07) is 9.34. The van der Waals surface area contributed by atoms with E-state index in [1.54, 1.807) is 0 Å². The van der Waals surface area contributed by atoms with E-state index >= 15 is 0 Å².